The molecular formula is C11H10BrFO3S. The molecule has 0 aliphatic heterocycles. The maximum atomic E-state index is 13.3. The van der Waals surface area contributed by atoms with Gasteiger partial charge in [-0.2, -0.15) is 0 Å². The van der Waals surface area contributed by atoms with E-state index in [2.05, 4.69) is 15.9 Å². The molecule has 0 bridgehead atoms. The van der Waals surface area contributed by atoms with Crippen LogP contribution in [0.25, 0.3) is 0 Å². The molecule has 0 heterocycles. The molecule has 0 saturated carbocycles. The zero-order chi connectivity index (χ0) is 13.0. The van der Waals surface area contributed by atoms with Crippen LogP contribution >= 0.6 is 27.7 Å². The third kappa shape index (κ3) is 3.81. The van der Waals surface area contributed by atoms with Crippen LogP contribution in [0, 0.1) is 5.82 Å². The third-order valence-corrected chi connectivity index (χ3v) is 3.84. The lowest BCUT2D eigenvalue weighted by molar-refractivity contribution is -0.111. The van der Waals surface area contributed by atoms with E-state index >= 15 is 0 Å². The number of carboxylic acid groups (broad SMARTS) is 1. The highest BCUT2D eigenvalue weighted by Gasteiger charge is 2.16. The predicted molar refractivity (Wildman–Crippen MR) is 66.8 cm³/mol. The van der Waals surface area contributed by atoms with Crippen LogP contribution in [0.5, 0.6) is 0 Å². The molecule has 0 amide bonds. The predicted octanol–water partition coefficient (Wildman–Crippen LogP) is 3.71. The Bertz CT molecular complexity index is 462. The van der Waals surface area contributed by atoms with Crippen LogP contribution in [0.2, 0.25) is 0 Å². The van der Waals surface area contributed by atoms with Crippen molar-refractivity contribution in [3.63, 3.8) is 0 Å². The number of halogens is 2. The van der Waals surface area contributed by atoms with Gasteiger partial charge >= 0.3 is 5.97 Å². The van der Waals surface area contributed by atoms with E-state index < -0.39 is 17.3 Å². The Labute approximate surface area is 111 Å². The van der Waals surface area contributed by atoms with Gasteiger partial charge in [-0.15, -0.1) is 0 Å². The number of hydrogen-bond acceptors (Lipinski definition) is 3. The van der Waals surface area contributed by atoms with Gasteiger partial charge in [-0.25, -0.2) is 9.18 Å². The lowest BCUT2D eigenvalue weighted by atomic mass is 10.2. The summed E-state index contributed by atoms with van der Waals surface area (Å²) in [7, 11) is 0. The van der Waals surface area contributed by atoms with E-state index in [0.717, 1.165) is 24.2 Å². The van der Waals surface area contributed by atoms with Crippen molar-refractivity contribution in [3.05, 3.63) is 28.0 Å². The largest absolute Gasteiger partial charge is 0.478 e. The van der Waals surface area contributed by atoms with E-state index in [-0.39, 0.29) is 5.12 Å². The van der Waals surface area contributed by atoms with Crippen LogP contribution in [0.3, 0.4) is 0 Å². The molecule has 6 heteroatoms. The van der Waals surface area contributed by atoms with Crippen molar-refractivity contribution < 1.29 is 19.1 Å². The third-order valence-electron chi connectivity index (χ3n) is 1.93. The van der Waals surface area contributed by atoms with E-state index in [1.54, 1.807) is 0 Å². The van der Waals surface area contributed by atoms with Gasteiger partial charge in [-0.05, 0) is 34.5 Å². The Morgan fingerprint density at radius 1 is 1.47 bits per heavy atom. The summed E-state index contributed by atoms with van der Waals surface area (Å²) in [5.41, 5.74) is -0.431. The Hall–Kier alpha value is -0.880. The highest BCUT2D eigenvalue weighted by atomic mass is 79.9. The Morgan fingerprint density at radius 3 is 2.65 bits per heavy atom. The molecule has 0 aliphatic rings. The highest BCUT2D eigenvalue weighted by molar-refractivity contribution is 9.10. The molecule has 0 aliphatic carbocycles. The van der Waals surface area contributed by atoms with Gasteiger partial charge in [-0.1, -0.05) is 18.7 Å². The molecule has 17 heavy (non-hydrogen) atoms. The van der Waals surface area contributed by atoms with Crippen molar-refractivity contribution in [2.45, 2.75) is 24.7 Å². The molecule has 0 unspecified atom stereocenters. The average Bonchev–Trinajstić information content (AvgIpc) is 2.21. The molecule has 1 aromatic carbocycles. The zero-order valence-corrected chi connectivity index (χ0v) is 11.4. The first kappa shape index (κ1) is 14.2. The lowest BCUT2D eigenvalue weighted by Crippen LogP contribution is -2.01. The average molecular weight is 321 g/mol. The van der Waals surface area contributed by atoms with Crippen molar-refractivity contribution >= 4 is 38.8 Å². The molecule has 0 radical (unpaired) electrons. The van der Waals surface area contributed by atoms with Crippen LogP contribution in [-0.4, -0.2) is 16.2 Å². The highest BCUT2D eigenvalue weighted by Crippen LogP contribution is 2.31. The molecule has 1 N–H and O–H groups in total. The van der Waals surface area contributed by atoms with Crippen LogP contribution in [-0.2, 0) is 4.79 Å². The maximum Gasteiger partial charge on any atom is 0.338 e. The molecule has 0 atom stereocenters. The summed E-state index contributed by atoms with van der Waals surface area (Å²) >= 11 is 4.02. The summed E-state index contributed by atoms with van der Waals surface area (Å²) in [6.45, 7) is 1.88. The Balaban J connectivity index is 3.03. The normalized spacial score (nSPS) is 10.3. The smallest absolute Gasteiger partial charge is 0.338 e. The SMILES string of the molecule is CCCC(=O)Sc1cc(C(=O)O)c(F)cc1Br. The molecule has 1 aromatic rings. The van der Waals surface area contributed by atoms with Gasteiger partial charge in [0.15, 0.2) is 5.12 Å². The number of thioether (sulfide) groups is 1. The van der Waals surface area contributed by atoms with Crippen LogP contribution < -0.4 is 0 Å². The van der Waals surface area contributed by atoms with Crippen molar-refractivity contribution in [2.75, 3.05) is 0 Å². The number of carboxylic acids is 1. The standard InChI is InChI=1S/C11H10BrFO3S/c1-2-3-10(14)17-9-4-6(11(15)16)8(13)5-7(9)12/h4-5H,2-3H2,1H3,(H,15,16). The second-order valence-corrected chi connectivity index (χ2v) is 5.25. The zero-order valence-electron chi connectivity index (χ0n) is 9.00. The molecule has 3 nitrogen and oxygen atoms in total. The van der Waals surface area contributed by atoms with Gasteiger partial charge in [0.05, 0.1) is 5.56 Å². The fourth-order valence-corrected chi connectivity index (χ4v) is 2.59. The molecular weight excluding hydrogens is 311 g/mol. The summed E-state index contributed by atoms with van der Waals surface area (Å²) < 4.78 is 13.6. The van der Waals surface area contributed by atoms with Gasteiger partial charge in [-0.3, -0.25) is 4.79 Å². The minimum Gasteiger partial charge on any atom is -0.478 e. The summed E-state index contributed by atoms with van der Waals surface area (Å²) in [4.78, 5) is 22.6. The van der Waals surface area contributed by atoms with E-state index in [0.29, 0.717) is 15.8 Å². The van der Waals surface area contributed by atoms with Crippen molar-refractivity contribution in [3.8, 4) is 0 Å². The molecule has 1 rings (SSSR count). The number of aromatic carboxylic acids is 1. The van der Waals surface area contributed by atoms with Gasteiger partial charge in [0.25, 0.3) is 0 Å². The number of carbonyl (C=O) groups excluding carboxylic acids is 1. The van der Waals surface area contributed by atoms with E-state index in [4.69, 9.17) is 5.11 Å². The minimum absolute atomic E-state index is 0.0730. The molecule has 0 saturated heterocycles. The van der Waals surface area contributed by atoms with Crippen molar-refractivity contribution in [2.24, 2.45) is 0 Å². The second kappa shape index (κ2) is 6.16. The summed E-state index contributed by atoms with van der Waals surface area (Å²) in [5.74, 6) is -2.17. The number of rotatable bonds is 4. The molecule has 0 aromatic heterocycles. The van der Waals surface area contributed by atoms with E-state index in [9.17, 15) is 14.0 Å². The van der Waals surface area contributed by atoms with Crippen LogP contribution in [0.4, 0.5) is 4.39 Å². The fraction of sp³-hybridized carbons (Fsp3) is 0.273. The van der Waals surface area contributed by atoms with Crippen LogP contribution in [0.1, 0.15) is 30.1 Å². The Kier molecular flexibility index (Phi) is 5.14. The van der Waals surface area contributed by atoms with Crippen molar-refractivity contribution in [1.82, 2.24) is 0 Å². The molecule has 0 spiro atoms. The quantitative estimate of drug-likeness (QED) is 0.859. The minimum atomic E-state index is -1.35. The summed E-state index contributed by atoms with van der Waals surface area (Å²) in [5, 5.41) is 8.70. The van der Waals surface area contributed by atoms with Crippen molar-refractivity contribution in [1.29, 1.82) is 0 Å². The van der Waals surface area contributed by atoms with Gasteiger partial charge < -0.3 is 5.11 Å². The van der Waals surface area contributed by atoms with Gasteiger partial charge in [0, 0.05) is 15.8 Å². The first-order valence-corrected chi connectivity index (χ1v) is 6.49. The number of hydrogen-bond donors (Lipinski definition) is 1. The number of benzene rings is 1. The first-order valence-electron chi connectivity index (χ1n) is 4.88. The Morgan fingerprint density at radius 2 is 2.12 bits per heavy atom. The number of carbonyl (C=O) groups is 2. The molecule has 92 valence electrons. The first-order chi connectivity index (χ1) is 7.95. The molecule has 0 fully saturated rings. The topological polar surface area (TPSA) is 54.4 Å². The monoisotopic (exact) mass is 320 g/mol. The summed E-state index contributed by atoms with van der Waals surface area (Å²) in [6, 6.07) is 2.23. The van der Waals surface area contributed by atoms with Crippen LogP contribution in [0.15, 0.2) is 21.5 Å². The maximum absolute atomic E-state index is 13.3. The summed E-state index contributed by atoms with van der Waals surface area (Å²) in [6.07, 6.45) is 1.12. The van der Waals surface area contributed by atoms with Gasteiger partial charge in [0.2, 0.25) is 0 Å². The van der Waals surface area contributed by atoms with Gasteiger partial charge in [0.1, 0.15) is 5.82 Å². The fourth-order valence-electron chi connectivity index (χ4n) is 1.15. The lowest BCUT2D eigenvalue weighted by Gasteiger charge is -2.05. The second-order valence-electron chi connectivity index (χ2n) is 3.29. The van der Waals surface area contributed by atoms with E-state index in [1.807, 2.05) is 6.92 Å². The van der Waals surface area contributed by atoms with E-state index in [1.165, 1.54) is 6.07 Å².